The first kappa shape index (κ1) is 14.3. The van der Waals surface area contributed by atoms with Gasteiger partial charge in [0.15, 0.2) is 0 Å². The lowest BCUT2D eigenvalue weighted by Gasteiger charge is -2.25. The molecule has 1 fully saturated rings. The van der Waals surface area contributed by atoms with Crippen molar-refractivity contribution in [1.82, 2.24) is 15.1 Å². The fourth-order valence-corrected chi connectivity index (χ4v) is 2.46. The number of aromatic amines is 1. The summed E-state index contributed by atoms with van der Waals surface area (Å²) in [6.07, 6.45) is 1.70. The van der Waals surface area contributed by atoms with E-state index in [1.165, 1.54) is 11.8 Å². The van der Waals surface area contributed by atoms with Crippen LogP contribution in [0.15, 0.2) is 36.4 Å². The van der Waals surface area contributed by atoms with Crippen LogP contribution in [0.4, 0.5) is 0 Å². The van der Waals surface area contributed by atoms with E-state index in [1.54, 1.807) is 6.07 Å². The zero-order valence-corrected chi connectivity index (χ0v) is 12.2. The average molecular weight is 299 g/mol. The molecule has 1 saturated carbocycles. The standard InChI is InChI=1S/C16H17N3O3/c1-10(16(21)22)19(12-7-8-12)15(20)14-9-13(17-18-14)11-5-3-2-4-6-11/h2-6,9-10,12H,7-8H2,1H3,(H,17,18)(H,21,22). The maximum Gasteiger partial charge on any atom is 0.326 e. The molecule has 1 aromatic heterocycles. The molecule has 1 aromatic carbocycles. The smallest absolute Gasteiger partial charge is 0.326 e. The molecule has 3 rings (SSSR count). The minimum atomic E-state index is -0.997. The molecule has 0 radical (unpaired) electrons. The number of hydrogen-bond donors (Lipinski definition) is 2. The Balaban J connectivity index is 1.85. The van der Waals surface area contributed by atoms with Crippen LogP contribution in [0.5, 0.6) is 0 Å². The first-order chi connectivity index (χ1) is 10.6. The molecule has 1 aliphatic carbocycles. The predicted octanol–water partition coefficient (Wildman–Crippen LogP) is 2.15. The topological polar surface area (TPSA) is 86.3 Å². The van der Waals surface area contributed by atoms with Gasteiger partial charge in [-0.05, 0) is 25.8 Å². The SMILES string of the molecule is CC(C(=O)O)N(C(=O)c1cc(-c2ccccc2)n[nH]1)C1CC1. The number of carboxylic acids is 1. The van der Waals surface area contributed by atoms with Crippen molar-refractivity contribution in [2.45, 2.75) is 31.8 Å². The highest BCUT2D eigenvalue weighted by molar-refractivity contribution is 5.96. The van der Waals surface area contributed by atoms with E-state index in [1.807, 2.05) is 30.3 Å². The molecule has 2 aromatic rings. The molecule has 114 valence electrons. The summed E-state index contributed by atoms with van der Waals surface area (Å²) in [4.78, 5) is 25.3. The summed E-state index contributed by atoms with van der Waals surface area (Å²) in [5.74, 6) is -1.31. The normalized spacial score (nSPS) is 15.3. The van der Waals surface area contributed by atoms with E-state index in [0.717, 1.165) is 18.4 Å². The Morgan fingerprint density at radius 1 is 1.32 bits per heavy atom. The Morgan fingerprint density at radius 3 is 2.59 bits per heavy atom. The molecule has 6 nitrogen and oxygen atoms in total. The van der Waals surface area contributed by atoms with E-state index in [-0.39, 0.29) is 11.9 Å². The largest absolute Gasteiger partial charge is 0.480 e. The van der Waals surface area contributed by atoms with Crippen LogP contribution in [0.3, 0.4) is 0 Å². The van der Waals surface area contributed by atoms with Crippen molar-refractivity contribution in [3.63, 3.8) is 0 Å². The van der Waals surface area contributed by atoms with Crippen molar-refractivity contribution in [3.8, 4) is 11.3 Å². The van der Waals surface area contributed by atoms with Crippen molar-refractivity contribution >= 4 is 11.9 Å². The molecule has 1 amide bonds. The first-order valence-corrected chi connectivity index (χ1v) is 7.24. The number of rotatable bonds is 5. The van der Waals surface area contributed by atoms with Crippen LogP contribution in [-0.2, 0) is 4.79 Å². The van der Waals surface area contributed by atoms with E-state index in [9.17, 15) is 14.7 Å². The number of aliphatic carboxylic acids is 1. The van der Waals surface area contributed by atoms with Crippen molar-refractivity contribution in [2.24, 2.45) is 0 Å². The van der Waals surface area contributed by atoms with Crippen LogP contribution >= 0.6 is 0 Å². The number of carboxylic acid groups (broad SMARTS) is 1. The second-order valence-corrected chi connectivity index (χ2v) is 5.49. The van der Waals surface area contributed by atoms with Crippen molar-refractivity contribution in [1.29, 1.82) is 0 Å². The number of nitrogens with zero attached hydrogens (tertiary/aromatic N) is 2. The summed E-state index contributed by atoms with van der Waals surface area (Å²) in [7, 11) is 0. The third-order valence-corrected chi connectivity index (χ3v) is 3.83. The van der Waals surface area contributed by atoms with E-state index < -0.39 is 12.0 Å². The van der Waals surface area contributed by atoms with Gasteiger partial charge in [-0.3, -0.25) is 9.89 Å². The molecule has 1 unspecified atom stereocenters. The molecule has 6 heteroatoms. The Labute approximate surface area is 127 Å². The lowest BCUT2D eigenvalue weighted by atomic mass is 10.1. The van der Waals surface area contributed by atoms with Gasteiger partial charge in [-0.1, -0.05) is 30.3 Å². The van der Waals surface area contributed by atoms with E-state index in [4.69, 9.17) is 0 Å². The molecule has 1 aliphatic rings. The highest BCUT2D eigenvalue weighted by Gasteiger charge is 2.39. The number of carbonyl (C=O) groups is 2. The molecule has 1 atom stereocenters. The van der Waals surface area contributed by atoms with Gasteiger partial charge in [0.1, 0.15) is 11.7 Å². The Bertz CT molecular complexity index is 692. The first-order valence-electron chi connectivity index (χ1n) is 7.24. The van der Waals surface area contributed by atoms with Gasteiger partial charge in [-0.15, -0.1) is 0 Å². The summed E-state index contributed by atoms with van der Waals surface area (Å²) in [5.41, 5.74) is 1.89. The third kappa shape index (κ3) is 2.72. The minimum absolute atomic E-state index is 0.0158. The van der Waals surface area contributed by atoms with Gasteiger partial charge in [-0.2, -0.15) is 5.10 Å². The summed E-state index contributed by atoms with van der Waals surface area (Å²) < 4.78 is 0. The number of hydrogen-bond acceptors (Lipinski definition) is 3. The van der Waals surface area contributed by atoms with Crippen molar-refractivity contribution < 1.29 is 14.7 Å². The minimum Gasteiger partial charge on any atom is -0.480 e. The van der Waals surface area contributed by atoms with Gasteiger partial charge < -0.3 is 10.0 Å². The summed E-state index contributed by atoms with van der Waals surface area (Å²) in [5, 5.41) is 16.1. The van der Waals surface area contributed by atoms with E-state index >= 15 is 0 Å². The third-order valence-electron chi connectivity index (χ3n) is 3.83. The van der Waals surface area contributed by atoms with Gasteiger partial charge in [0, 0.05) is 11.6 Å². The fraction of sp³-hybridized carbons (Fsp3) is 0.312. The van der Waals surface area contributed by atoms with Crippen LogP contribution in [0, 0.1) is 0 Å². The zero-order chi connectivity index (χ0) is 15.7. The van der Waals surface area contributed by atoms with Crippen LogP contribution < -0.4 is 0 Å². The molecule has 22 heavy (non-hydrogen) atoms. The number of carbonyl (C=O) groups excluding carboxylic acids is 1. The van der Waals surface area contributed by atoms with Gasteiger partial charge in [0.05, 0.1) is 5.69 Å². The van der Waals surface area contributed by atoms with E-state index in [0.29, 0.717) is 11.4 Å². The summed E-state index contributed by atoms with van der Waals surface area (Å²) >= 11 is 0. The zero-order valence-electron chi connectivity index (χ0n) is 12.2. The number of benzene rings is 1. The number of nitrogens with one attached hydrogen (secondary N) is 1. The van der Waals surface area contributed by atoms with Crippen LogP contribution in [0.1, 0.15) is 30.3 Å². The highest BCUT2D eigenvalue weighted by atomic mass is 16.4. The summed E-state index contributed by atoms with van der Waals surface area (Å²) in [6.45, 7) is 1.53. The number of amides is 1. The Morgan fingerprint density at radius 2 is 2.00 bits per heavy atom. The average Bonchev–Trinajstić information content (AvgIpc) is 3.23. The van der Waals surface area contributed by atoms with Crippen LogP contribution in [-0.4, -0.2) is 44.2 Å². The van der Waals surface area contributed by atoms with E-state index in [2.05, 4.69) is 10.2 Å². The van der Waals surface area contributed by atoms with Gasteiger partial charge >= 0.3 is 5.97 Å². The van der Waals surface area contributed by atoms with Crippen molar-refractivity contribution in [2.75, 3.05) is 0 Å². The molecule has 2 N–H and O–H groups in total. The molecular formula is C16H17N3O3. The van der Waals surface area contributed by atoms with Gasteiger partial charge in [0.25, 0.3) is 5.91 Å². The predicted molar refractivity (Wildman–Crippen MR) is 80.3 cm³/mol. The number of H-pyrrole nitrogens is 1. The lowest BCUT2D eigenvalue weighted by Crippen LogP contribution is -2.44. The maximum absolute atomic E-state index is 12.6. The number of aromatic nitrogens is 2. The molecule has 1 heterocycles. The maximum atomic E-state index is 12.6. The molecular weight excluding hydrogens is 282 g/mol. The van der Waals surface area contributed by atoms with Crippen LogP contribution in [0.2, 0.25) is 0 Å². The van der Waals surface area contributed by atoms with Gasteiger partial charge in [0.2, 0.25) is 0 Å². The summed E-state index contributed by atoms with van der Waals surface area (Å²) in [6, 6.07) is 10.4. The monoisotopic (exact) mass is 299 g/mol. The lowest BCUT2D eigenvalue weighted by molar-refractivity contribution is -0.141. The Hall–Kier alpha value is -2.63. The molecule has 0 aliphatic heterocycles. The van der Waals surface area contributed by atoms with Crippen LogP contribution in [0.25, 0.3) is 11.3 Å². The quantitative estimate of drug-likeness (QED) is 0.885. The second kappa shape index (κ2) is 5.63. The van der Waals surface area contributed by atoms with Gasteiger partial charge in [-0.25, -0.2) is 4.79 Å². The Kier molecular flexibility index (Phi) is 3.66. The molecule has 0 saturated heterocycles. The molecule has 0 bridgehead atoms. The molecule has 0 spiro atoms. The second-order valence-electron chi connectivity index (χ2n) is 5.49. The highest BCUT2D eigenvalue weighted by Crippen LogP contribution is 2.30. The fourth-order valence-electron chi connectivity index (χ4n) is 2.46. The van der Waals surface area contributed by atoms with Crippen molar-refractivity contribution in [3.05, 3.63) is 42.1 Å².